The predicted molar refractivity (Wildman–Crippen MR) is 126 cm³/mol. The minimum Gasteiger partial charge on any atom is -0.0807 e. The van der Waals surface area contributed by atoms with Gasteiger partial charge in [-0.1, -0.05) is 109 Å². The third-order valence-corrected chi connectivity index (χ3v) is 7.47. The highest BCUT2D eigenvalue weighted by Crippen LogP contribution is 2.65. The summed E-state index contributed by atoms with van der Waals surface area (Å²) in [5.41, 5.74) is 9.05. The van der Waals surface area contributed by atoms with Gasteiger partial charge in [0.1, 0.15) is 0 Å². The molecule has 3 aromatic carbocycles. The van der Waals surface area contributed by atoms with Crippen LogP contribution in [0.4, 0.5) is 0 Å². The molecule has 0 nitrogen and oxygen atoms in total. The molecule has 1 saturated carbocycles. The summed E-state index contributed by atoms with van der Waals surface area (Å²) in [4.78, 5) is 0. The molecule has 0 heteroatoms. The summed E-state index contributed by atoms with van der Waals surface area (Å²) >= 11 is 0. The van der Waals surface area contributed by atoms with Crippen molar-refractivity contribution >= 4 is 5.57 Å². The molecule has 0 radical (unpaired) electrons. The highest BCUT2D eigenvalue weighted by Gasteiger charge is 2.53. The number of benzene rings is 3. The Morgan fingerprint density at radius 2 is 1.27 bits per heavy atom. The van der Waals surface area contributed by atoms with Gasteiger partial charge >= 0.3 is 0 Å². The molecule has 3 aliphatic rings. The minimum absolute atomic E-state index is 0.107. The molecule has 0 bridgehead atoms. The summed E-state index contributed by atoms with van der Waals surface area (Å²) < 4.78 is 0. The fraction of sp³-hybridized carbons (Fsp3) is 0.200. The van der Waals surface area contributed by atoms with Gasteiger partial charge in [0.05, 0.1) is 0 Å². The van der Waals surface area contributed by atoms with Crippen molar-refractivity contribution in [2.75, 3.05) is 0 Å². The van der Waals surface area contributed by atoms with E-state index in [1.54, 1.807) is 5.57 Å². The van der Waals surface area contributed by atoms with Gasteiger partial charge in [0, 0.05) is 5.41 Å². The third kappa shape index (κ3) is 2.60. The molecule has 30 heavy (non-hydrogen) atoms. The van der Waals surface area contributed by atoms with Crippen molar-refractivity contribution in [2.24, 2.45) is 0 Å². The van der Waals surface area contributed by atoms with Crippen LogP contribution in [0.15, 0.2) is 115 Å². The number of rotatable bonds is 2. The van der Waals surface area contributed by atoms with Gasteiger partial charge in [-0.3, -0.25) is 0 Å². The van der Waals surface area contributed by atoms with Crippen LogP contribution in [-0.2, 0) is 5.41 Å². The molecule has 0 aromatic heterocycles. The zero-order valence-corrected chi connectivity index (χ0v) is 17.2. The van der Waals surface area contributed by atoms with Crippen molar-refractivity contribution in [3.8, 4) is 0 Å². The summed E-state index contributed by atoms with van der Waals surface area (Å²) in [7, 11) is 0. The molecule has 3 aliphatic carbocycles. The summed E-state index contributed by atoms with van der Waals surface area (Å²) in [6, 6.07) is 31.6. The van der Waals surface area contributed by atoms with Gasteiger partial charge < -0.3 is 0 Å². The first-order valence-electron chi connectivity index (χ1n) is 11.1. The second kappa shape index (κ2) is 6.99. The van der Waals surface area contributed by atoms with E-state index in [1.807, 2.05) is 0 Å². The smallest absolute Gasteiger partial charge is 0.0224 e. The first-order chi connectivity index (χ1) is 14.9. The van der Waals surface area contributed by atoms with Gasteiger partial charge in [0.2, 0.25) is 0 Å². The zero-order valence-electron chi connectivity index (χ0n) is 17.2. The van der Waals surface area contributed by atoms with E-state index < -0.39 is 0 Å². The van der Waals surface area contributed by atoms with Crippen LogP contribution < -0.4 is 0 Å². The summed E-state index contributed by atoms with van der Waals surface area (Å²) in [5, 5.41) is 0. The fourth-order valence-electron chi connectivity index (χ4n) is 6.26. The maximum absolute atomic E-state index is 2.50. The number of fused-ring (bicyclic) bond motifs is 5. The lowest BCUT2D eigenvalue weighted by Gasteiger charge is -2.28. The van der Waals surface area contributed by atoms with E-state index in [2.05, 4.69) is 109 Å². The van der Waals surface area contributed by atoms with Gasteiger partial charge in [-0.05, 0) is 64.5 Å². The highest BCUT2D eigenvalue weighted by molar-refractivity contribution is 5.91. The summed E-state index contributed by atoms with van der Waals surface area (Å²) in [6.45, 7) is 0. The van der Waals surface area contributed by atoms with E-state index in [1.165, 1.54) is 40.7 Å². The Bertz CT molecular complexity index is 1110. The van der Waals surface area contributed by atoms with Crippen LogP contribution in [0.1, 0.15) is 53.4 Å². The maximum atomic E-state index is 2.50. The van der Waals surface area contributed by atoms with Crippen LogP contribution in [0, 0.1) is 0 Å². The van der Waals surface area contributed by atoms with Gasteiger partial charge in [0.15, 0.2) is 0 Å². The molecule has 146 valence electrons. The molecule has 0 saturated heterocycles. The van der Waals surface area contributed by atoms with E-state index in [0.29, 0.717) is 11.8 Å². The summed E-state index contributed by atoms with van der Waals surface area (Å²) in [6.07, 6.45) is 12.8. The molecule has 0 N–H and O–H groups in total. The Morgan fingerprint density at radius 1 is 0.667 bits per heavy atom. The lowest BCUT2D eigenvalue weighted by molar-refractivity contribution is 0.534. The molecule has 2 unspecified atom stereocenters. The van der Waals surface area contributed by atoms with Crippen LogP contribution in [0.3, 0.4) is 0 Å². The van der Waals surface area contributed by atoms with Crippen LogP contribution in [0.2, 0.25) is 0 Å². The quantitative estimate of drug-likeness (QED) is 0.426. The van der Waals surface area contributed by atoms with Crippen molar-refractivity contribution in [1.29, 1.82) is 0 Å². The molecule has 0 heterocycles. The van der Waals surface area contributed by atoms with Crippen LogP contribution in [0.5, 0.6) is 0 Å². The Morgan fingerprint density at radius 3 is 1.93 bits per heavy atom. The van der Waals surface area contributed by atoms with Crippen molar-refractivity contribution in [3.63, 3.8) is 0 Å². The van der Waals surface area contributed by atoms with Crippen LogP contribution in [-0.4, -0.2) is 0 Å². The molecular formula is C30H26. The lowest BCUT2D eigenvalue weighted by Crippen LogP contribution is -2.21. The monoisotopic (exact) mass is 386 g/mol. The van der Waals surface area contributed by atoms with E-state index in [9.17, 15) is 0 Å². The first-order valence-corrected chi connectivity index (χ1v) is 11.1. The molecule has 3 atom stereocenters. The molecule has 1 fully saturated rings. The normalized spacial score (nSPS) is 26.7. The number of allylic oxidation sites excluding steroid dienone is 6. The highest BCUT2D eigenvalue weighted by atomic mass is 14.6. The van der Waals surface area contributed by atoms with E-state index in [0.717, 1.165) is 6.42 Å². The number of hydrogen-bond donors (Lipinski definition) is 0. The Labute approximate surface area is 179 Å². The van der Waals surface area contributed by atoms with Gasteiger partial charge in [-0.25, -0.2) is 0 Å². The molecule has 3 aromatic rings. The second-order valence-electron chi connectivity index (χ2n) is 8.93. The molecule has 6 rings (SSSR count). The zero-order chi connectivity index (χ0) is 20.0. The average molecular weight is 387 g/mol. The van der Waals surface area contributed by atoms with Gasteiger partial charge in [-0.15, -0.1) is 0 Å². The number of hydrogen-bond acceptors (Lipinski definition) is 0. The fourth-order valence-corrected chi connectivity index (χ4v) is 6.26. The van der Waals surface area contributed by atoms with Gasteiger partial charge in [-0.2, -0.15) is 0 Å². The van der Waals surface area contributed by atoms with Crippen molar-refractivity contribution < 1.29 is 0 Å². The molecular weight excluding hydrogens is 360 g/mol. The average Bonchev–Trinajstić information content (AvgIpc) is 3.20. The standard InChI is InChI=1S/C30H26/c1-4-12-22(13-5-1)26-20-30(21-27(26)23-14-6-2-7-15-23)28-18-9-3-8-16-24(28)25-17-10-11-19-29(25)30/h1-8,10-19,26-27H,9,20-21H2/t26-,27?,30?/m1/s1. The van der Waals surface area contributed by atoms with Crippen LogP contribution >= 0.6 is 0 Å². The Kier molecular flexibility index (Phi) is 4.13. The van der Waals surface area contributed by atoms with Crippen molar-refractivity contribution in [3.05, 3.63) is 137 Å². The topological polar surface area (TPSA) is 0 Å². The van der Waals surface area contributed by atoms with E-state index >= 15 is 0 Å². The lowest BCUT2D eigenvalue weighted by atomic mass is 9.75. The molecule has 1 spiro atoms. The minimum atomic E-state index is 0.107. The Balaban J connectivity index is 1.55. The molecule has 0 amide bonds. The van der Waals surface area contributed by atoms with E-state index in [-0.39, 0.29) is 5.41 Å². The maximum Gasteiger partial charge on any atom is 0.0224 e. The van der Waals surface area contributed by atoms with Gasteiger partial charge in [0.25, 0.3) is 0 Å². The predicted octanol–water partition coefficient (Wildman–Crippen LogP) is 7.57. The van der Waals surface area contributed by atoms with E-state index in [4.69, 9.17) is 0 Å². The van der Waals surface area contributed by atoms with Crippen LogP contribution in [0.25, 0.3) is 5.57 Å². The van der Waals surface area contributed by atoms with Crippen molar-refractivity contribution in [1.82, 2.24) is 0 Å². The third-order valence-electron chi connectivity index (χ3n) is 7.47. The SMILES string of the molecule is C1=CCC=C2C(=C1)c1ccccc1C21CC(c2ccccc2)[C@@H](c2ccccc2)C1. The Hall–Kier alpha value is -3.12. The van der Waals surface area contributed by atoms with Crippen molar-refractivity contribution in [2.45, 2.75) is 36.5 Å². The first kappa shape index (κ1) is 17.7. The summed E-state index contributed by atoms with van der Waals surface area (Å²) in [5.74, 6) is 1.05. The molecule has 0 aliphatic heterocycles. The second-order valence-corrected chi connectivity index (χ2v) is 8.93. The largest absolute Gasteiger partial charge is 0.0807 e.